The van der Waals surface area contributed by atoms with Crippen molar-refractivity contribution in [3.8, 4) is 0 Å². The lowest BCUT2D eigenvalue weighted by atomic mass is 9.95. The van der Waals surface area contributed by atoms with E-state index in [1.54, 1.807) is 14.2 Å². The number of nitrogens with zero attached hydrogens (tertiary/aromatic N) is 5. The van der Waals surface area contributed by atoms with Gasteiger partial charge in [0, 0.05) is 14.2 Å². The Morgan fingerprint density at radius 1 is 1.19 bits per heavy atom. The summed E-state index contributed by atoms with van der Waals surface area (Å²) >= 11 is 0. The van der Waals surface area contributed by atoms with Crippen LogP contribution in [0.4, 0.5) is 10.7 Å². The molecule has 2 aliphatic heterocycles. The van der Waals surface area contributed by atoms with Crippen molar-refractivity contribution in [1.82, 2.24) is 14.4 Å². The zero-order chi connectivity index (χ0) is 19.3. The second kappa shape index (κ2) is 6.74. The number of ether oxygens (including phenoxy) is 1. The molecule has 1 unspecified atom stereocenters. The number of amidine groups is 1. The molecule has 0 spiro atoms. The van der Waals surface area contributed by atoms with Gasteiger partial charge in [0.25, 0.3) is 5.91 Å². The third kappa shape index (κ3) is 2.61. The van der Waals surface area contributed by atoms with Crippen molar-refractivity contribution in [2.45, 2.75) is 58.0 Å². The second-order valence-corrected chi connectivity index (χ2v) is 7.70. The molecule has 8 heteroatoms. The molecule has 1 aromatic rings. The first-order valence-electron chi connectivity index (χ1n) is 9.76. The van der Waals surface area contributed by atoms with E-state index < -0.39 is 6.04 Å². The zero-order valence-corrected chi connectivity index (χ0v) is 16.6. The molecule has 27 heavy (non-hydrogen) atoms. The van der Waals surface area contributed by atoms with Crippen molar-refractivity contribution in [3.63, 3.8) is 0 Å². The first-order chi connectivity index (χ1) is 13.0. The van der Waals surface area contributed by atoms with Crippen molar-refractivity contribution < 1.29 is 18.9 Å². The van der Waals surface area contributed by atoms with Crippen LogP contribution in [0.2, 0.25) is 0 Å². The standard InChI is InChI=1S/C19H28N5O3/c1-12-13(2)24-15-16(20-18(24)23(12)14-8-6-5-7-9-14)21(3)19(26)22(17(15)25)10-11-27-4/h14-15H,5-11H2,1-4H3/q+1. The van der Waals surface area contributed by atoms with Gasteiger partial charge in [-0.15, -0.1) is 0 Å². The van der Waals surface area contributed by atoms with E-state index in [-0.39, 0.29) is 18.5 Å². The maximum atomic E-state index is 13.2. The molecule has 0 radical (unpaired) electrons. The largest absolute Gasteiger partial charge is 0.402 e. The van der Waals surface area contributed by atoms with Crippen LogP contribution in [0, 0.1) is 13.8 Å². The normalized spacial score (nSPS) is 23.0. The lowest BCUT2D eigenvalue weighted by Crippen LogP contribution is -2.63. The maximum Gasteiger partial charge on any atom is 0.402 e. The summed E-state index contributed by atoms with van der Waals surface area (Å²) in [6.07, 6.45) is 6.01. The van der Waals surface area contributed by atoms with Gasteiger partial charge in [-0.25, -0.2) is 13.9 Å². The molecule has 3 amide bonds. The van der Waals surface area contributed by atoms with Crippen molar-refractivity contribution in [3.05, 3.63) is 11.4 Å². The highest BCUT2D eigenvalue weighted by Crippen LogP contribution is 2.37. The third-order valence-corrected chi connectivity index (χ3v) is 6.21. The number of amides is 3. The summed E-state index contributed by atoms with van der Waals surface area (Å²) in [5.74, 6) is 1.11. The van der Waals surface area contributed by atoms with Crippen LogP contribution in [-0.2, 0) is 9.53 Å². The molecule has 0 aromatic carbocycles. The summed E-state index contributed by atoms with van der Waals surface area (Å²) in [5, 5.41) is 0. The molecule has 1 aliphatic carbocycles. The number of fused-ring (bicyclic) bond motifs is 3. The Labute approximate surface area is 159 Å². The van der Waals surface area contributed by atoms with E-state index in [4.69, 9.17) is 9.73 Å². The predicted octanol–water partition coefficient (Wildman–Crippen LogP) is 2.02. The SMILES string of the molecule is COCCN1C(=O)C2C(=Nc3n(C4CCCCC4)c(C)c(C)[n+]32)N(C)C1=O. The summed E-state index contributed by atoms with van der Waals surface area (Å²) in [5.41, 5.74) is 2.21. The lowest BCUT2D eigenvalue weighted by Gasteiger charge is -2.33. The number of carbonyl (C=O) groups excluding carboxylic acids is 2. The van der Waals surface area contributed by atoms with Crippen molar-refractivity contribution in [2.75, 3.05) is 27.3 Å². The van der Waals surface area contributed by atoms with Gasteiger partial charge in [-0.2, -0.15) is 0 Å². The third-order valence-electron chi connectivity index (χ3n) is 6.21. The molecule has 3 aliphatic rings. The van der Waals surface area contributed by atoms with Gasteiger partial charge in [-0.3, -0.25) is 14.6 Å². The molecule has 146 valence electrons. The topological polar surface area (TPSA) is 71.0 Å². The van der Waals surface area contributed by atoms with Crippen LogP contribution in [0.3, 0.4) is 0 Å². The highest BCUT2D eigenvalue weighted by atomic mass is 16.5. The summed E-state index contributed by atoms with van der Waals surface area (Å²) in [4.78, 5) is 33.5. The molecule has 4 rings (SSSR count). The predicted molar refractivity (Wildman–Crippen MR) is 99.1 cm³/mol. The molecule has 8 nitrogen and oxygen atoms in total. The monoisotopic (exact) mass is 374 g/mol. The number of urea groups is 1. The van der Waals surface area contributed by atoms with Gasteiger partial charge >= 0.3 is 12.0 Å². The molecule has 0 bridgehead atoms. The van der Waals surface area contributed by atoms with Crippen LogP contribution < -0.4 is 4.57 Å². The number of methoxy groups -OCH3 is 1. The summed E-state index contributed by atoms with van der Waals surface area (Å²) in [6, 6.07) is -0.488. The summed E-state index contributed by atoms with van der Waals surface area (Å²) in [7, 11) is 3.26. The molecular formula is C19H28N5O3+. The van der Waals surface area contributed by atoms with E-state index in [1.807, 2.05) is 11.5 Å². The van der Waals surface area contributed by atoms with E-state index >= 15 is 0 Å². The fraction of sp³-hybridized carbons (Fsp3) is 0.684. The van der Waals surface area contributed by atoms with E-state index in [0.717, 1.165) is 30.2 Å². The van der Waals surface area contributed by atoms with E-state index in [9.17, 15) is 9.59 Å². The number of imidazole rings is 1. The van der Waals surface area contributed by atoms with Crippen LogP contribution >= 0.6 is 0 Å². The average Bonchev–Trinajstić information content (AvgIpc) is 3.17. The quantitative estimate of drug-likeness (QED) is 0.757. The first-order valence-corrected chi connectivity index (χ1v) is 9.76. The van der Waals surface area contributed by atoms with Gasteiger partial charge in [0.15, 0.2) is 0 Å². The molecule has 1 saturated heterocycles. The van der Waals surface area contributed by atoms with Gasteiger partial charge < -0.3 is 4.74 Å². The Kier molecular flexibility index (Phi) is 4.53. The molecule has 1 atom stereocenters. The highest BCUT2D eigenvalue weighted by Gasteiger charge is 2.54. The van der Waals surface area contributed by atoms with Gasteiger partial charge in [0.1, 0.15) is 11.4 Å². The number of likely N-dealkylation sites (N-methyl/N-ethyl adjacent to an activating group) is 1. The van der Waals surface area contributed by atoms with Gasteiger partial charge in [0.2, 0.25) is 11.9 Å². The fourth-order valence-electron chi connectivity index (χ4n) is 4.63. The minimum Gasteiger partial charge on any atom is -0.383 e. The molecule has 0 N–H and O–H groups in total. The smallest absolute Gasteiger partial charge is 0.383 e. The Hall–Kier alpha value is -2.22. The van der Waals surface area contributed by atoms with Crippen LogP contribution in [0.15, 0.2) is 4.99 Å². The molecule has 1 saturated carbocycles. The van der Waals surface area contributed by atoms with Crippen molar-refractivity contribution >= 4 is 23.7 Å². The van der Waals surface area contributed by atoms with Gasteiger partial charge in [0.05, 0.1) is 19.2 Å². The number of carbonyl (C=O) groups is 2. The Balaban J connectivity index is 1.78. The van der Waals surface area contributed by atoms with Crippen LogP contribution in [0.5, 0.6) is 0 Å². The fourth-order valence-corrected chi connectivity index (χ4v) is 4.63. The zero-order valence-electron chi connectivity index (χ0n) is 16.6. The molecule has 3 heterocycles. The minimum atomic E-state index is -0.567. The van der Waals surface area contributed by atoms with Crippen molar-refractivity contribution in [2.24, 2.45) is 4.99 Å². The number of imide groups is 1. The second-order valence-electron chi connectivity index (χ2n) is 7.70. The first kappa shape index (κ1) is 18.2. The number of hydrogen-bond donors (Lipinski definition) is 0. The van der Waals surface area contributed by atoms with Gasteiger partial charge in [-0.05, 0) is 39.5 Å². The highest BCUT2D eigenvalue weighted by molar-refractivity contribution is 6.19. The minimum absolute atomic E-state index is 0.221. The van der Waals surface area contributed by atoms with E-state index in [2.05, 4.69) is 11.5 Å². The average molecular weight is 374 g/mol. The lowest BCUT2D eigenvalue weighted by molar-refractivity contribution is -0.683. The maximum absolute atomic E-state index is 13.2. The number of aromatic nitrogens is 2. The number of aliphatic imine (C=N–C) groups is 1. The number of hydrogen-bond acceptors (Lipinski definition) is 4. The van der Waals surface area contributed by atoms with Crippen LogP contribution in [0.25, 0.3) is 0 Å². The Morgan fingerprint density at radius 2 is 1.89 bits per heavy atom. The van der Waals surface area contributed by atoms with Gasteiger partial charge in [-0.1, -0.05) is 11.4 Å². The number of rotatable bonds is 4. The van der Waals surface area contributed by atoms with Crippen LogP contribution in [0.1, 0.15) is 55.6 Å². The van der Waals surface area contributed by atoms with E-state index in [0.29, 0.717) is 18.5 Å². The Morgan fingerprint density at radius 3 is 2.56 bits per heavy atom. The summed E-state index contributed by atoms with van der Waals surface area (Å²) < 4.78 is 9.39. The molecule has 1 aromatic heterocycles. The molecular weight excluding hydrogens is 346 g/mol. The summed E-state index contributed by atoms with van der Waals surface area (Å²) in [6.45, 7) is 4.72. The van der Waals surface area contributed by atoms with Crippen LogP contribution in [-0.4, -0.2) is 59.4 Å². The molecule has 2 fully saturated rings. The van der Waals surface area contributed by atoms with Crippen molar-refractivity contribution in [1.29, 1.82) is 0 Å². The Bertz CT molecular complexity index is 822. The van der Waals surface area contributed by atoms with E-state index in [1.165, 1.54) is 29.1 Å².